The number of halogens is 1. The minimum atomic E-state index is 0.289. The summed E-state index contributed by atoms with van der Waals surface area (Å²) in [5.41, 5.74) is 0. The summed E-state index contributed by atoms with van der Waals surface area (Å²) >= 11 is 0. The summed E-state index contributed by atoms with van der Waals surface area (Å²) in [6, 6.07) is 0. The minimum Gasteiger partial charge on any atom is -0.378 e. The lowest BCUT2D eigenvalue weighted by Gasteiger charge is -2.02. The predicted molar refractivity (Wildman–Crippen MR) is 33.8 cm³/mol. The maximum Gasteiger partial charge on any atom is 0.0828 e. The molecule has 2 heteroatoms. The Morgan fingerprint density at radius 2 is 2.56 bits per heavy atom. The lowest BCUT2D eigenvalue weighted by Crippen LogP contribution is -2.01. The van der Waals surface area contributed by atoms with Crippen molar-refractivity contribution in [3.05, 3.63) is 12.4 Å². The molecule has 1 saturated heterocycles. The molecule has 1 atom stereocenters. The fourth-order valence-corrected chi connectivity index (χ4v) is 1.03. The molecule has 0 aromatic carbocycles. The van der Waals surface area contributed by atoms with Crippen molar-refractivity contribution in [3.63, 3.8) is 0 Å². The average molecular weight is 130 g/mol. The van der Waals surface area contributed by atoms with Gasteiger partial charge in [0.1, 0.15) is 0 Å². The summed E-state index contributed by atoms with van der Waals surface area (Å²) in [5.74, 6) is 0. The molecule has 1 unspecified atom stereocenters. The van der Waals surface area contributed by atoms with Crippen LogP contribution < -0.4 is 0 Å². The summed E-state index contributed by atoms with van der Waals surface area (Å²) < 4.78 is 16.6. The van der Waals surface area contributed by atoms with Crippen LogP contribution in [0.25, 0.3) is 0 Å². The maximum atomic E-state index is 11.4. The first-order valence-electron chi connectivity index (χ1n) is 3.30. The SMILES string of the molecule is FC=CCC1CCCO1. The Labute approximate surface area is 54.5 Å². The molecule has 0 bridgehead atoms. The molecule has 1 heterocycles. The molecule has 52 valence electrons. The van der Waals surface area contributed by atoms with E-state index >= 15 is 0 Å². The molecular formula is C7H11FO. The Kier molecular flexibility index (Phi) is 2.71. The molecule has 0 amide bonds. The summed E-state index contributed by atoms with van der Waals surface area (Å²) in [7, 11) is 0. The zero-order valence-electron chi connectivity index (χ0n) is 5.35. The smallest absolute Gasteiger partial charge is 0.0828 e. The zero-order chi connectivity index (χ0) is 6.53. The number of rotatable bonds is 2. The highest BCUT2D eigenvalue weighted by molar-refractivity contribution is 4.79. The highest BCUT2D eigenvalue weighted by Crippen LogP contribution is 2.15. The third kappa shape index (κ3) is 2.14. The molecule has 0 saturated carbocycles. The van der Waals surface area contributed by atoms with Crippen LogP contribution in [0.3, 0.4) is 0 Å². The van der Waals surface area contributed by atoms with Gasteiger partial charge in [-0.2, -0.15) is 0 Å². The monoisotopic (exact) mass is 130 g/mol. The molecular weight excluding hydrogens is 119 g/mol. The van der Waals surface area contributed by atoms with E-state index in [1.807, 2.05) is 0 Å². The summed E-state index contributed by atoms with van der Waals surface area (Å²) in [6.45, 7) is 0.852. The third-order valence-corrected chi connectivity index (χ3v) is 1.51. The lowest BCUT2D eigenvalue weighted by molar-refractivity contribution is 0.113. The lowest BCUT2D eigenvalue weighted by atomic mass is 10.2. The number of ether oxygens (including phenoxy) is 1. The Hall–Kier alpha value is -0.370. The van der Waals surface area contributed by atoms with Crippen LogP contribution in [0.4, 0.5) is 4.39 Å². The molecule has 9 heavy (non-hydrogen) atoms. The van der Waals surface area contributed by atoms with E-state index in [0.717, 1.165) is 25.9 Å². The van der Waals surface area contributed by atoms with Crippen LogP contribution in [0.15, 0.2) is 12.4 Å². The van der Waals surface area contributed by atoms with Gasteiger partial charge >= 0.3 is 0 Å². The molecule has 0 aromatic rings. The summed E-state index contributed by atoms with van der Waals surface area (Å²) in [4.78, 5) is 0. The molecule has 1 aliphatic rings. The Bertz CT molecular complexity index is 95.1. The summed E-state index contributed by atoms with van der Waals surface area (Å²) in [5, 5.41) is 0. The zero-order valence-corrected chi connectivity index (χ0v) is 5.35. The van der Waals surface area contributed by atoms with Gasteiger partial charge in [-0.1, -0.05) is 6.08 Å². The Morgan fingerprint density at radius 1 is 1.67 bits per heavy atom. The topological polar surface area (TPSA) is 9.23 Å². The first-order chi connectivity index (χ1) is 4.43. The Balaban J connectivity index is 2.11. The molecule has 1 fully saturated rings. The molecule has 0 aromatic heterocycles. The van der Waals surface area contributed by atoms with Crippen molar-refractivity contribution >= 4 is 0 Å². The van der Waals surface area contributed by atoms with Gasteiger partial charge in [-0.3, -0.25) is 0 Å². The van der Waals surface area contributed by atoms with E-state index in [2.05, 4.69) is 0 Å². The van der Waals surface area contributed by atoms with Crippen LogP contribution >= 0.6 is 0 Å². The van der Waals surface area contributed by atoms with Gasteiger partial charge in [0.05, 0.1) is 12.4 Å². The van der Waals surface area contributed by atoms with E-state index in [1.165, 1.54) is 6.08 Å². The van der Waals surface area contributed by atoms with Gasteiger partial charge < -0.3 is 4.74 Å². The third-order valence-electron chi connectivity index (χ3n) is 1.51. The highest BCUT2D eigenvalue weighted by Gasteiger charge is 2.12. The second kappa shape index (κ2) is 3.62. The minimum absolute atomic E-state index is 0.289. The predicted octanol–water partition coefficient (Wildman–Crippen LogP) is 2.04. The van der Waals surface area contributed by atoms with Gasteiger partial charge in [0.25, 0.3) is 0 Å². The van der Waals surface area contributed by atoms with Crippen molar-refractivity contribution < 1.29 is 9.13 Å². The van der Waals surface area contributed by atoms with Crippen LogP contribution in [-0.2, 0) is 4.74 Å². The largest absolute Gasteiger partial charge is 0.378 e. The van der Waals surface area contributed by atoms with Gasteiger partial charge in [0, 0.05) is 6.61 Å². The van der Waals surface area contributed by atoms with Crippen molar-refractivity contribution in [2.45, 2.75) is 25.4 Å². The van der Waals surface area contributed by atoms with Crippen molar-refractivity contribution in [2.24, 2.45) is 0 Å². The van der Waals surface area contributed by atoms with Crippen molar-refractivity contribution in [3.8, 4) is 0 Å². The molecule has 0 radical (unpaired) electrons. The van der Waals surface area contributed by atoms with Gasteiger partial charge in [-0.25, -0.2) is 4.39 Å². The summed E-state index contributed by atoms with van der Waals surface area (Å²) in [6.07, 6.45) is 5.33. The molecule has 1 nitrogen and oxygen atoms in total. The fourth-order valence-electron chi connectivity index (χ4n) is 1.03. The van der Waals surface area contributed by atoms with E-state index in [4.69, 9.17) is 4.74 Å². The van der Waals surface area contributed by atoms with Crippen molar-refractivity contribution in [1.29, 1.82) is 0 Å². The van der Waals surface area contributed by atoms with Gasteiger partial charge in [-0.05, 0) is 19.3 Å². The van der Waals surface area contributed by atoms with Crippen molar-refractivity contribution in [2.75, 3.05) is 6.61 Å². The van der Waals surface area contributed by atoms with E-state index in [1.54, 1.807) is 0 Å². The van der Waals surface area contributed by atoms with Crippen molar-refractivity contribution in [1.82, 2.24) is 0 Å². The maximum absolute atomic E-state index is 11.4. The standard InChI is InChI=1S/C7H11FO/c8-5-1-3-7-4-2-6-9-7/h1,5,7H,2-4,6H2. The van der Waals surface area contributed by atoms with Crippen LogP contribution in [0.5, 0.6) is 0 Å². The number of hydrogen-bond acceptors (Lipinski definition) is 1. The first-order valence-corrected chi connectivity index (χ1v) is 3.30. The van der Waals surface area contributed by atoms with Crippen LogP contribution in [0, 0.1) is 0 Å². The molecule has 1 aliphatic heterocycles. The van der Waals surface area contributed by atoms with Crippen LogP contribution in [0.2, 0.25) is 0 Å². The molecule has 0 aliphatic carbocycles. The molecule has 0 N–H and O–H groups in total. The normalized spacial score (nSPS) is 27.9. The quantitative estimate of drug-likeness (QED) is 0.555. The van der Waals surface area contributed by atoms with Gasteiger partial charge in [-0.15, -0.1) is 0 Å². The first kappa shape index (κ1) is 6.75. The molecule has 0 spiro atoms. The van der Waals surface area contributed by atoms with E-state index in [-0.39, 0.29) is 6.10 Å². The highest BCUT2D eigenvalue weighted by atomic mass is 19.1. The second-order valence-electron chi connectivity index (χ2n) is 2.23. The number of hydrogen-bond donors (Lipinski definition) is 0. The van der Waals surface area contributed by atoms with Crippen LogP contribution in [0.1, 0.15) is 19.3 Å². The second-order valence-corrected chi connectivity index (χ2v) is 2.23. The van der Waals surface area contributed by atoms with Gasteiger partial charge in [0.15, 0.2) is 0 Å². The van der Waals surface area contributed by atoms with Gasteiger partial charge in [0.2, 0.25) is 0 Å². The molecule has 1 rings (SSSR count). The van der Waals surface area contributed by atoms with E-state index < -0.39 is 0 Å². The average Bonchev–Trinajstić information content (AvgIpc) is 2.34. The Morgan fingerprint density at radius 3 is 3.11 bits per heavy atom. The fraction of sp³-hybridized carbons (Fsp3) is 0.714. The van der Waals surface area contributed by atoms with E-state index in [9.17, 15) is 4.39 Å². The van der Waals surface area contributed by atoms with Crippen LogP contribution in [-0.4, -0.2) is 12.7 Å². The van der Waals surface area contributed by atoms with E-state index in [0.29, 0.717) is 6.33 Å².